The lowest BCUT2D eigenvalue weighted by molar-refractivity contribution is 0.199. The maximum Gasteiger partial charge on any atom is 0.275 e. The summed E-state index contributed by atoms with van der Waals surface area (Å²) in [5.41, 5.74) is 3.79. The average molecular weight is 482 g/mol. The number of rotatable bonds is 1. The zero-order valence-electron chi connectivity index (χ0n) is 19.3. The summed E-state index contributed by atoms with van der Waals surface area (Å²) in [5, 5.41) is 13.5. The van der Waals surface area contributed by atoms with Gasteiger partial charge in [-0.1, -0.05) is 24.3 Å². The van der Waals surface area contributed by atoms with Gasteiger partial charge in [-0.05, 0) is 47.9 Å². The van der Waals surface area contributed by atoms with Crippen LogP contribution in [0.2, 0.25) is 0 Å². The van der Waals surface area contributed by atoms with E-state index >= 15 is 0 Å². The number of H-pyrrole nitrogens is 2. The first-order chi connectivity index (χ1) is 17.5. The van der Waals surface area contributed by atoms with E-state index < -0.39 is 0 Å². The molecule has 1 unspecified atom stereocenters. The third-order valence-electron chi connectivity index (χ3n) is 7.17. The molecule has 1 saturated heterocycles. The molecular weight excluding hydrogens is 458 g/mol. The number of hydrogen-bond acceptors (Lipinski definition) is 6. The summed E-state index contributed by atoms with van der Waals surface area (Å²) >= 11 is 0. The summed E-state index contributed by atoms with van der Waals surface area (Å²) in [5.74, 6) is 0.777. The molecular formula is C27H23N5O4. The van der Waals surface area contributed by atoms with Gasteiger partial charge in [0.15, 0.2) is 0 Å². The molecule has 0 saturated carbocycles. The SMILES string of the molecule is O=c1[nH]c2cc(-c3ccc(O)cc3)cc3c2nc1-c1cccc2c(=O)n([nH]c12)CCN1CC[C@@H](C1)O3. The minimum Gasteiger partial charge on any atom is -0.508 e. The van der Waals surface area contributed by atoms with Crippen LogP contribution >= 0.6 is 0 Å². The maximum absolute atomic E-state index is 13.3. The lowest BCUT2D eigenvalue weighted by atomic mass is 10.0. The first-order valence-electron chi connectivity index (χ1n) is 12.0. The molecule has 2 aromatic heterocycles. The Balaban J connectivity index is 1.51. The number of nitrogens with one attached hydrogen (secondary N) is 2. The number of benzene rings is 3. The lowest BCUT2D eigenvalue weighted by Crippen LogP contribution is -2.30. The van der Waals surface area contributed by atoms with Crippen LogP contribution in [0.25, 0.3) is 44.3 Å². The summed E-state index contributed by atoms with van der Waals surface area (Å²) in [6.07, 6.45) is 0.813. The van der Waals surface area contributed by atoms with Crippen LogP contribution in [-0.2, 0) is 6.54 Å². The van der Waals surface area contributed by atoms with Crippen LogP contribution in [0.3, 0.4) is 0 Å². The van der Waals surface area contributed by atoms with Crippen LogP contribution in [0.4, 0.5) is 0 Å². The normalized spacial score (nSPS) is 19.1. The van der Waals surface area contributed by atoms with Gasteiger partial charge in [-0.3, -0.25) is 24.3 Å². The van der Waals surface area contributed by atoms with Crippen molar-refractivity contribution >= 4 is 21.9 Å². The molecule has 0 radical (unpaired) electrons. The predicted octanol–water partition coefficient (Wildman–Crippen LogP) is 3.07. The zero-order valence-corrected chi connectivity index (χ0v) is 19.3. The van der Waals surface area contributed by atoms with Crippen molar-refractivity contribution in [2.24, 2.45) is 0 Å². The molecule has 2 aliphatic heterocycles. The number of ether oxygens (including phenoxy) is 1. The first kappa shape index (κ1) is 21.0. The summed E-state index contributed by atoms with van der Waals surface area (Å²) in [4.78, 5) is 36.4. The molecule has 7 rings (SSSR count). The van der Waals surface area contributed by atoms with Crippen LogP contribution in [-0.4, -0.2) is 55.5 Å². The minimum atomic E-state index is -0.350. The second kappa shape index (κ2) is 7.82. The smallest absolute Gasteiger partial charge is 0.275 e. The highest BCUT2D eigenvalue weighted by Crippen LogP contribution is 2.34. The Morgan fingerprint density at radius 3 is 2.72 bits per heavy atom. The highest BCUT2D eigenvalue weighted by molar-refractivity contribution is 5.94. The lowest BCUT2D eigenvalue weighted by Gasteiger charge is -2.19. The van der Waals surface area contributed by atoms with E-state index in [4.69, 9.17) is 9.72 Å². The number of para-hydroxylation sites is 1. The van der Waals surface area contributed by atoms with Crippen molar-refractivity contribution in [1.29, 1.82) is 0 Å². The minimum absolute atomic E-state index is 0.0396. The van der Waals surface area contributed by atoms with Crippen molar-refractivity contribution in [2.45, 2.75) is 19.1 Å². The van der Waals surface area contributed by atoms with E-state index in [1.165, 1.54) is 0 Å². The monoisotopic (exact) mass is 481 g/mol. The number of nitrogens with zero attached hydrogens (tertiary/aromatic N) is 3. The van der Waals surface area contributed by atoms with Gasteiger partial charge in [-0.2, -0.15) is 0 Å². The molecule has 0 spiro atoms. The largest absolute Gasteiger partial charge is 0.508 e. The number of fused-ring (bicyclic) bond motifs is 5. The van der Waals surface area contributed by atoms with Crippen LogP contribution in [0.15, 0.2) is 64.2 Å². The fraction of sp³-hybridized carbons (Fsp3) is 0.222. The van der Waals surface area contributed by atoms with E-state index in [9.17, 15) is 14.7 Å². The molecule has 3 aromatic carbocycles. The molecule has 2 atom stereocenters. The van der Waals surface area contributed by atoms with Gasteiger partial charge in [-0.25, -0.2) is 4.98 Å². The van der Waals surface area contributed by atoms with E-state index in [1.807, 2.05) is 24.3 Å². The Bertz CT molecular complexity index is 1770. The number of aromatic amines is 2. The van der Waals surface area contributed by atoms with Crippen LogP contribution in [0.1, 0.15) is 6.42 Å². The topological polar surface area (TPSA) is 116 Å². The van der Waals surface area contributed by atoms with Gasteiger partial charge in [0.25, 0.3) is 11.1 Å². The van der Waals surface area contributed by atoms with Crippen molar-refractivity contribution in [2.75, 3.05) is 19.6 Å². The Morgan fingerprint density at radius 1 is 1.00 bits per heavy atom. The highest BCUT2D eigenvalue weighted by atomic mass is 16.5. The Morgan fingerprint density at radius 2 is 1.86 bits per heavy atom. The van der Waals surface area contributed by atoms with E-state index in [0.717, 1.165) is 37.2 Å². The van der Waals surface area contributed by atoms with Gasteiger partial charge in [0.05, 0.1) is 23.0 Å². The molecule has 180 valence electrons. The first-order valence-corrected chi connectivity index (χ1v) is 12.0. The highest BCUT2D eigenvalue weighted by Gasteiger charge is 2.26. The predicted molar refractivity (Wildman–Crippen MR) is 136 cm³/mol. The molecule has 6 bridgehead atoms. The zero-order chi connectivity index (χ0) is 24.4. The standard InChI is InChI=1S/C27H23N5O4/c33-17-6-4-15(5-7-17)16-12-21-25-22(13-16)36-18-8-9-31(14-18)10-11-32-27(35)20-3-1-2-19(23(20)30-32)24(29-25)26(34)28-21/h1-7,12-13,18,30,33H,8-11,14H2,(H,28,34)/t18-/m0/s1. The number of phenols is 1. The summed E-state index contributed by atoms with van der Waals surface area (Å²) in [7, 11) is 0. The van der Waals surface area contributed by atoms with Crippen LogP contribution in [0.5, 0.6) is 11.5 Å². The molecule has 2 aliphatic rings. The van der Waals surface area contributed by atoms with E-state index in [0.29, 0.717) is 39.8 Å². The van der Waals surface area contributed by atoms with Gasteiger partial charge in [-0.15, -0.1) is 0 Å². The molecule has 5 aromatic rings. The van der Waals surface area contributed by atoms with Crippen molar-refractivity contribution < 1.29 is 9.84 Å². The number of aromatic hydroxyl groups is 1. The average Bonchev–Trinajstić information content (AvgIpc) is 3.46. The summed E-state index contributed by atoms with van der Waals surface area (Å²) in [6, 6.07) is 16.1. The number of phenolic OH excluding ortho intramolecular Hbond substituents is 1. The third kappa shape index (κ3) is 3.31. The van der Waals surface area contributed by atoms with Crippen LogP contribution in [0, 0.1) is 0 Å². The third-order valence-corrected chi connectivity index (χ3v) is 7.17. The number of aromatic nitrogens is 4. The maximum atomic E-state index is 13.3. The molecule has 3 N–H and O–H groups in total. The van der Waals surface area contributed by atoms with Gasteiger partial charge in [0, 0.05) is 25.2 Å². The molecule has 1 fully saturated rings. The quantitative estimate of drug-likeness (QED) is 0.339. The Labute approximate surface area is 204 Å². The van der Waals surface area contributed by atoms with E-state index in [-0.39, 0.29) is 28.7 Å². The van der Waals surface area contributed by atoms with Crippen molar-refractivity contribution in [3.8, 4) is 33.9 Å². The molecule has 36 heavy (non-hydrogen) atoms. The molecule has 4 heterocycles. The van der Waals surface area contributed by atoms with Crippen molar-refractivity contribution in [3.63, 3.8) is 0 Å². The molecule has 9 nitrogen and oxygen atoms in total. The van der Waals surface area contributed by atoms with Gasteiger partial charge >= 0.3 is 0 Å². The molecule has 0 aliphatic carbocycles. The summed E-state index contributed by atoms with van der Waals surface area (Å²) < 4.78 is 8.13. The van der Waals surface area contributed by atoms with Crippen molar-refractivity contribution in [1.82, 2.24) is 24.6 Å². The fourth-order valence-electron chi connectivity index (χ4n) is 5.31. The van der Waals surface area contributed by atoms with Crippen molar-refractivity contribution in [3.05, 3.63) is 75.3 Å². The van der Waals surface area contributed by atoms with E-state index in [1.54, 1.807) is 35.0 Å². The Kier molecular flexibility index (Phi) is 4.55. The molecule has 0 amide bonds. The van der Waals surface area contributed by atoms with E-state index in [2.05, 4.69) is 15.0 Å². The van der Waals surface area contributed by atoms with Gasteiger partial charge in [0.2, 0.25) is 0 Å². The van der Waals surface area contributed by atoms with Gasteiger partial charge in [0.1, 0.15) is 28.8 Å². The Hall–Kier alpha value is -4.37. The second-order valence-corrected chi connectivity index (χ2v) is 9.46. The number of hydrogen-bond donors (Lipinski definition) is 3. The molecule has 9 heteroatoms. The van der Waals surface area contributed by atoms with Crippen LogP contribution < -0.4 is 15.9 Å². The van der Waals surface area contributed by atoms with Gasteiger partial charge < -0.3 is 14.8 Å². The fourth-order valence-corrected chi connectivity index (χ4v) is 5.31. The summed E-state index contributed by atoms with van der Waals surface area (Å²) in [6.45, 7) is 2.84. The second-order valence-electron chi connectivity index (χ2n) is 9.46.